The van der Waals surface area contributed by atoms with Gasteiger partial charge < -0.3 is 28.6 Å². The number of fused-ring (bicyclic) bond motifs is 2. The summed E-state index contributed by atoms with van der Waals surface area (Å²) in [6.07, 6.45) is 2.08. The first-order chi connectivity index (χ1) is 21.6. The summed E-state index contributed by atoms with van der Waals surface area (Å²) < 4.78 is 24.9. The Kier molecular flexibility index (Phi) is 7.81. The van der Waals surface area contributed by atoms with Gasteiger partial charge in [-0.1, -0.05) is 67.9 Å². The Morgan fingerprint density at radius 3 is 1.98 bits per heavy atom. The summed E-state index contributed by atoms with van der Waals surface area (Å²) in [6, 6.07) is 30.0. The number of imidazole rings is 1. The maximum Gasteiger partial charge on any atom is 0.231 e. The standard InChI is InChI=1S/C36H35N3O5/c1-2-3-16-39-30(35(28-10-7-11-29(40)19-28)37-36(39)27-8-5-4-6-9-27)22-38(20-25-12-14-31-33(17-25)43-23-41-31)21-26-13-15-32-34(18-26)44-24-42-32/h4-15,17-19,40H,2-3,16,20-24H2,1H3. The Morgan fingerprint density at radius 2 is 1.34 bits per heavy atom. The Labute approximate surface area is 257 Å². The first kappa shape index (κ1) is 27.9. The van der Waals surface area contributed by atoms with Crippen LogP contribution in [0.4, 0.5) is 0 Å². The summed E-state index contributed by atoms with van der Waals surface area (Å²) in [4.78, 5) is 7.67. The van der Waals surface area contributed by atoms with E-state index in [-0.39, 0.29) is 19.3 Å². The monoisotopic (exact) mass is 589 g/mol. The molecule has 0 saturated heterocycles. The second kappa shape index (κ2) is 12.3. The van der Waals surface area contributed by atoms with Crippen molar-refractivity contribution < 1.29 is 24.1 Å². The lowest BCUT2D eigenvalue weighted by Gasteiger charge is -2.25. The summed E-state index contributed by atoms with van der Waals surface area (Å²) in [6.45, 7) is 5.49. The third-order valence-electron chi connectivity index (χ3n) is 8.02. The number of hydrogen-bond acceptors (Lipinski definition) is 7. The van der Waals surface area contributed by atoms with Gasteiger partial charge in [0, 0.05) is 37.3 Å². The average Bonchev–Trinajstić information content (AvgIpc) is 3.79. The fraction of sp³-hybridized carbons (Fsp3) is 0.250. The third kappa shape index (κ3) is 5.81. The summed E-state index contributed by atoms with van der Waals surface area (Å²) in [5, 5.41) is 10.4. The van der Waals surface area contributed by atoms with Gasteiger partial charge in [0.2, 0.25) is 13.6 Å². The number of unbranched alkanes of at least 4 members (excludes halogenated alkanes) is 1. The van der Waals surface area contributed by atoms with E-state index < -0.39 is 0 Å². The fourth-order valence-corrected chi connectivity index (χ4v) is 5.87. The van der Waals surface area contributed by atoms with E-state index in [9.17, 15) is 5.11 Å². The van der Waals surface area contributed by atoms with E-state index in [0.717, 1.165) is 81.9 Å². The molecule has 8 nitrogen and oxygen atoms in total. The fourth-order valence-electron chi connectivity index (χ4n) is 5.87. The van der Waals surface area contributed by atoms with Gasteiger partial charge >= 0.3 is 0 Å². The molecule has 0 saturated carbocycles. The van der Waals surface area contributed by atoms with Crippen molar-refractivity contribution in [3.05, 3.63) is 108 Å². The van der Waals surface area contributed by atoms with Crippen molar-refractivity contribution >= 4 is 0 Å². The first-order valence-corrected chi connectivity index (χ1v) is 15.1. The quantitative estimate of drug-likeness (QED) is 0.172. The van der Waals surface area contributed by atoms with Crippen molar-refractivity contribution in [2.75, 3.05) is 13.6 Å². The Hall–Kier alpha value is -4.95. The van der Waals surface area contributed by atoms with E-state index in [2.05, 4.69) is 52.8 Å². The van der Waals surface area contributed by atoms with E-state index >= 15 is 0 Å². The highest BCUT2D eigenvalue weighted by atomic mass is 16.7. The van der Waals surface area contributed by atoms with Crippen LogP contribution in [0.3, 0.4) is 0 Å². The van der Waals surface area contributed by atoms with Crippen LogP contribution < -0.4 is 18.9 Å². The summed E-state index contributed by atoms with van der Waals surface area (Å²) in [5.41, 5.74) is 6.17. The van der Waals surface area contributed by atoms with Crippen LogP contribution in [-0.4, -0.2) is 33.1 Å². The average molecular weight is 590 g/mol. The molecule has 3 heterocycles. The minimum Gasteiger partial charge on any atom is -0.508 e. The molecule has 1 aromatic heterocycles. The molecule has 0 radical (unpaired) electrons. The molecular formula is C36H35N3O5. The second-order valence-corrected chi connectivity index (χ2v) is 11.2. The number of ether oxygens (including phenoxy) is 4. The molecule has 0 unspecified atom stereocenters. The SMILES string of the molecule is CCCCn1c(-c2ccccc2)nc(-c2cccc(O)c2)c1CN(Cc1ccc2c(c1)OCO2)Cc1ccc2c(c1)OCO2. The number of nitrogens with zero attached hydrogens (tertiary/aromatic N) is 3. The molecule has 0 spiro atoms. The topological polar surface area (TPSA) is 78.2 Å². The van der Waals surface area contributed by atoms with Gasteiger partial charge in [0.15, 0.2) is 23.0 Å². The highest BCUT2D eigenvalue weighted by molar-refractivity contribution is 5.69. The van der Waals surface area contributed by atoms with Crippen molar-refractivity contribution in [1.82, 2.24) is 14.5 Å². The number of phenols is 1. The van der Waals surface area contributed by atoms with E-state index in [1.807, 2.05) is 42.5 Å². The molecule has 1 N–H and O–H groups in total. The van der Waals surface area contributed by atoms with Crippen molar-refractivity contribution in [3.63, 3.8) is 0 Å². The molecule has 0 amide bonds. The Bertz CT molecular complexity index is 1710. The van der Waals surface area contributed by atoms with Crippen LogP contribution in [0.1, 0.15) is 36.6 Å². The minimum atomic E-state index is 0.218. The van der Waals surface area contributed by atoms with E-state index in [4.69, 9.17) is 23.9 Å². The molecule has 0 atom stereocenters. The molecule has 0 aliphatic carbocycles. The molecule has 4 aromatic carbocycles. The second-order valence-electron chi connectivity index (χ2n) is 11.2. The molecule has 7 rings (SSSR count). The van der Waals surface area contributed by atoms with Crippen molar-refractivity contribution in [2.24, 2.45) is 0 Å². The highest BCUT2D eigenvalue weighted by Crippen LogP contribution is 2.37. The number of rotatable bonds is 11. The van der Waals surface area contributed by atoms with Gasteiger partial charge in [-0.05, 0) is 53.9 Å². The summed E-state index contributed by atoms with van der Waals surface area (Å²) in [7, 11) is 0. The van der Waals surface area contributed by atoms with Crippen LogP contribution in [0.25, 0.3) is 22.6 Å². The lowest BCUT2D eigenvalue weighted by molar-refractivity contribution is 0.173. The smallest absolute Gasteiger partial charge is 0.231 e. The largest absolute Gasteiger partial charge is 0.508 e. The zero-order chi connectivity index (χ0) is 29.9. The zero-order valence-electron chi connectivity index (χ0n) is 24.7. The molecule has 224 valence electrons. The van der Waals surface area contributed by atoms with Gasteiger partial charge in [-0.3, -0.25) is 4.90 Å². The van der Waals surface area contributed by atoms with Gasteiger partial charge in [0.25, 0.3) is 0 Å². The highest BCUT2D eigenvalue weighted by Gasteiger charge is 2.24. The zero-order valence-corrected chi connectivity index (χ0v) is 24.7. The molecule has 0 fully saturated rings. The lowest BCUT2D eigenvalue weighted by atomic mass is 10.1. The van der Waals surface area contributed by atoms with E-state index in [1.54, 1.807) is 12.1 Å². The normalized spacial score (nSPS) is 13.1. The number of aromatic hydroxyl groups is 1. The van der Waals surface area contributed by atoms with Crippen molar-refractivity contribution in [3.8, 4) is 51.4 Å². The molecular weight excluding hydrogens is 554 g/mol. The number of phenolic OH excluding ortho intramolecular Hbond substituents is 1. The molecule has 8 heteroatoms. The van der Waals surface area contributed by atoms with Gasteiger partial charge in [0.1, 0.15) is 11.6 Å². The van der Waals surface area contributed by atoms with Crippen molar-refractivity contribution in [2.45, 2.75) is 45.9 Å². The maximum absolute atomic E-state index is 10.4. The van der Waals surface area contributed by atoms with E-state index in [1.165, 1.54) is 0 Å². The maximum atomic E-state index is 10.4. The molecule has 0 bridgehead atoms. The van der Waals surface area contributed by atoms with Crippen LogP contribution in [0, 0.1) is 0 Å². The number of hydrogen-bond donors (Lipinski definition) is 1. The van der Waals surface area contributed by atoms with Gasteiger partial charge in [0.05, 0.1) is 11.4 Å². The van der Waals surface area contributed by atoms with Crippen LogP contribution in [-0.2, 0) is 26.2 Å². The molecule has 44 heavy (non-hydrogen) atoms. The first-order valence-electron chi connectivity index (χ1n) is 15.1. The molecule has 2 aliphatic heterocycles. The number of benzene rings is 4. The lowest BCUT2D eigenvalue weighted by Crippen LogP contribution is -2.24. The van der Waals surface area contributed by atoms with Crippen LogP contribution in [0.15, 0.2) is 91.0 Å². The Morgan fingerprint density at radius 1 is 0.705 bits per heavy atom. The molecule has 2 aliphatic rings. The Balaban J connectivity index is 1.32. The predicted octanol–water partition coefficient (Wildman–Crippen LogP) is 7.38. The van der Waals surface area contributed by atoms with Gasteiger partial charge in [-0.25, -0.2) is 4.98 Å². The summed E-state index contributed by atoms with van der Waals surface area (Å²) >= 11 is 0. The third-order valence-corrected chi connectivity index (χ3v) is 8.02. The van der Waals surface area contributed by atoms with Crippen LogP contribution in [0.5, 0.6) is 28.7 Å². The minimum absolute atomic E-state index is 0.218. The number of aromatic nitrogens is 2. The van der Waals surface area contributed by atoms with Gasteiger partial charge in [-0.15, -0.1) is 0 Å². The summed E-state index contributed by atoms with van der Waals surface area (Å²) in [5.74, 6) is 4.23. The predicted molar refractivity (Wildman–Crippen MR) is 168 cm³/mol. The van der Waals surface area contributed by atoms with Crippen molar-refractivity contribution in [1.29, 1.82) is 0 Å². The van der Waals surface area contributed by atoms with E-state index in [0.29, 0.717) is 19.6 Å². The van der Waals surface area contributed by atoms with Crippen LogP contribution >= 0.6 is 0 Å². The van der Waals surface area contributed by atoms with Gasteiger partial charge in [-0.2, -0.15) is 0 Å². The molecule has 5 aromatic rings. The van der Waals surface area contributed by atoms with Crippen LogP contribution in [0.2, 0.25) is 0 Å².